The first kappa shape index (κ1) is 22.3. The highest BCUT2D eigenvalue weighted by molar-refractivity contribution is 5.82. The van der Waals surface area contributed by atoms with Crippen LogP contribution >= 0.6 is 0 Å². The molecular formula is C24H27NO6. The van der Waals surface area contributed by atoms with Crippen LogP contribution in [-0.2, 0) is 14.3 Å². The molecule has 0 aromatic heterocycles. The van der Waals surface area contributed by atoms with Crippen molar-refractivity contribution in [2.45, 2.75) is 39.2 Å². The first-order valence-electron chi connectivity index (χ1n) is 10.2. The second-order valence-electron chi connectivity index (χ2n) is 8.85. The first-order chi connectivity index (χ1) is 14.6. The summed E-state index contributed by atoms with van der Waals surface area (Å²) in [5, 5.41) is 21.3. The fourth-order valence-corrected chi connectivity index (χ4v) is 4.06. The standard InChI is InChI=1S/C24H27NO6/c1-24(2,3)19(21(26)27)12-20(22(28)29)25-23(30)31-13-18-16-10-6-4-8-14(16)15-9-5-7-11-17(15)18/h4-11,18-20H,12-13H2,1-3H3,(H,25,30)(H,26,27)(H,28,29)/t19?,20-/m1/s1. The molecule has 3 N–H and O–H groups in total. The van der Waals surface area contributed by atoms with Crippen molar-refractivity contribution in [3.05, 3.63) is 59.7 Å². The van der Waals surface area contributed by atoms with Gasteiger partial charge in [-0.1, -0.05) is 69.3 Å². The van der Waals surface area contributed by atoms with E-state index in [-0.39, 0.29) is 18.9 Å². The summed E-state index contributed by atoms with van der Waals surface area (Å²) in [6.45, 7) is 5.21. The Labute approximate surface area is 181 Å². The van der Waals surface area contributed by atoms with Crippen molar-refractivity contribution in [2.24, 2.45) is 11.3 Å². The van der Waals surface area contributed by atoms with Gasteiger partial charge in [0.25, 0.3) is 0 Å². The predicted octanol–water partition coefficient (Wildman–Crippen LogP) is 4.12. The Kier molecular flexibility index (Phi) is 6.34. The van der Waals surface area contributed by atoms with Gasteiger partial charge in [0.2, 0.25) is 0 Å². The average Bonchev–Trinajstić information content (AvgIpc) is 3.02. The lowest BCUT2D eigenvalue weighted by Gasteiger charge is -2.29. The number of carboxylic acids is 2. The maximum atomic E-state index is 12.4. The molecule has 2 atom stereocenters. The quantitative estimate of drug-likeness (QED) is 0.615. The third-order valence-corrected chi connectivity index (χ3v) is 5.75. The monoisotopic (exact) mass is 425 g/mol. The van der Waals surface area contributed by atoms with E-state index in [1.165, 1.54) is 0 Å². The molecule has 1 aliphatic rings. The Balaban J connectivity index is 1.69. The van der Waals surface area contributed by atoms with Gasteiger partial charge in [-0.3, -0.25) is 4.79 Å². The van der Waals surface area contributed by atoms with E-state index in [4.69, 9.17) is 4.74 Å². The van der Waals surface area contributed by atoms with Gasteiger partial charge >= 0.3 is 18.0 Å². The molecule has 164 valence electrons. The Bertz CT molecular complexity index is 948. The van der Waals surface area contributed by atoms with E-state index in [1.54, 1.807) is 20.8 Å². The van der Waals surface area contributed by atoms with Crippen LogP contribution in [0, 0.1) is 11.3 Å². The van der Waals surface area contributed by atoms with E-state index < -0.39 is 35.4 Å². The Morgan fingerprint density at radius 3 is 1.90 bits per heavy atom. The minimum absolute atomic E-state index is 0.0494. The molecule has 7 nitrogen and oxygen atoms in total. The number of hydrogen-bond donors (Lipinski definition) is 3. The van der Waals surface area contributed by atoms with E-state index in [2.05, 4.69) is 5.32 Å². The molecule has 2 aromatic carbocycles. The lowest BCUT2D eigenvalue weighted by atomic mass is 9.77. The molecule has 0 aliphatic heterocycles. The smallest absolute Gasteiger partial charge is 0.407 e. The van der Waals surface area contributed by atoms with Gasteiger partial charge in [0, 0.05) is 5.92 Å². The van der Waals surface area contributed by atoms with Crippen LogP contribution in [0.5, 0.6) is 0 Å². The SMILES string of the molecule is CC(C)(C)C(C[C@@H](NC(=O)OCC1c2ccccc2-c2ccccc21)C(=O)O)C(=O)O. The maximum Gasteiger partial charge on any atom is 0.407 e. The van der Waals surface area contributed by atoms with Crippen LogP contribution in [-0.4, -0.2) is 40.9 Å². The molecule has 1 amide bonds. The molecule has 1 unspecified atom stereocenters. The number of carboxylic acid groups (broad SMARTS) is 2. The number of hydrogen-bond acceptors (Lipinski definition) is 4. The maximum absolute atomic E-state index is 12.4. The molecule has 0 bridgehead atoms. The van der Waals surface area contributed by atoms with Gasteiger partial charge in [-0.15, -0.1) is 0 Å². The predicted molar refractivity (Wildman–Crippen MR) is 115 cm³/mol. The molecule has 0 spiro atoms. The largest absolute Gasteiger partial charge is 0.481 e. The molecule has 0 saturated carbocycles. The van der Waals surface area contributed by atoms with Gasteiger partial charge < -0.3 is 20.3 Å². The van der Waals surface area contributed by atoms with Crippen molar-refractivity contribution in [2.75, 3.05) is 6.61 Å². The van der Waals surface area contributed by atoms with Gasteiger partial charge in [-0.05, 0) is 34.1 Å². The molecule has 1 aliphatic carbocycles. The van der Waals surface area contributed by atoms with Gasteiger partial charge in [-0.2, -0.15) is 0 Å². The zero-order chi connectivity index (χ0) is 22.8. The third-order valence-electron chi connectivity index (χ3n) is 5.75. The number of carbonyl (C=O) groups excluding carboxylic acids is 1. The fraction of sp³-hybridized carbons (Fsp3) is 0.375. The summed E-state index contributed by atoms with van der Waals surface area (Å²) in [6.07, 6.45) is -1.12. The highest BCUT2D eigenvalue weighted by atomic mass is 16.5. The van der Waals surface area contributed by atoms with Crippen LogP contribution in [0.3, 0.4) is 0 Å². The van der Waals surface area contributed by atoms with Gasteiger partial charge in [-0.25, -0.2) is 9.59 Å². The summed E-state index contributed by atoms with van der Waals surface area (Å²) in [5.41, 5.74) is 3.60. The summed E-state index contributed by atoms with van der Waals surface area (Å²) in [6, 6.07) is 14.4. The highest BCUT2D eigenvalue weighted by Crippen LogP contribution is 2.44. The molecule has 3 rings (SSSR count). The van der Waals surface area contributed by atoms with Crippen molar-refractivity contribution >= 4 is 18.0 Å². The third kappa shape index (κ3) is 4.87. The lowest BCUT2D eigenvalue weighted by molar-refractivity contribution is -0.147. The topological polar surface area (TPSA) is 113 Å². The second-order valence-corrected chi connectivity index (χ2v) is 8.85. The van der Waals surface area contributed by atoms with E-state index in [0.29, 0.717) is 0 Å². The normalized spacial score (nSPS) is 14.8. The van der Waals surface area contributed by atoms with Crippen LogP contribution in [0.1, 0.15) is 44.2 Å². The number of alkyl carbamates (subject to hydrolysis) is 1. The van der Waals surface area contributed by atoms with Gasteiger partial charge in [0.1, 0.15) is 12.6 Å². The molecule has 0 radical (unpaired) electrons. The van der Waals surface area contributed by atoms with Gasteiger partial charge in [0.05, 0.1) is 5.92 Å². The molecular weight excluding hydrogens is 398 g/mol. The van der Waals surface area contributed by atoms with E-state index in [0.717, 1.165) is 22.3 Å². The highest BCUT2D eigenvalue weighted by Gasteiger charge is 2.36. The Morgan fingerprint density at radius 2 is 1.45 bits per heavy atom. The average molecular weight is 425 g/mol. The number of ether oxygens (including phenoxy) is 1. The number of carbonyl (C=O) groups is 3. The summed E-state index contributed by atoms with van der Waals surface area (Å²) in [4.78, 5) is 35.6. The lowest BCUT2D eigenvalue weighted by Crippen LogP contribution is -2.45. The zero-order valence-electron chi connectivity index (χ0n) is 17.8. The minimum Gasteiger partial charge on any atom is -0.481 e. The number of benzene rings is 2. The van der Waals surface area contributed by atoms with Crippen LogP contribution in [0.15, 0.2) is 48.5 Å². The second kappa shape index (κ2) is 8.79. The number of amides is 1. The molecule has 0 fully saturated rings. The molecule has 0 heterocycles. The summed E-state index contributed by atoms with van der Waals surface area (Å²) in [5.74, 6) is -3.50. The number of nitrogens with one attached hydrogen (secondary N) is 1. The Hall–Kier alpha value is -3.35. The van der Waals surface area contributed by atoms with E-state index in [9.17, 15) is 24.6 Å². The van der Waals surface area contributed by atoms with Crippen molar-refractivity contribution in [3.8, 4) is 11.1 Å². The van der Waals surface area contributed by atoms with E-state index >= 15 is 0 Å². The summed E-state index contributed by atoms with van der Waals surface area (Å²) < 4.78 is 5.39. The van der Waals surface area contributed by atoms with Crippen LogP contribution in [0.2, 0.25) is 0 Å². The fourth-order valence-electron chi connectivity index (χ4n) is 4.06. The summed E-state index contributed by atoms with van der Waals surface area (Å²) >= 11 is 0. The van der Waals surface area contributed by atoms with Crippen LogP contribution in [0.25, 0.3) is 11.1 Å². The number of aliphatic carboxylic acids is 2. The van der Waals surface area contributed by atoms with Crippen LogP contribution < -0.4 is 5.32 Å². The minimum atomic E-state index is -1.36. The summed E-state index contributed by atoms with van der Waals surface area (Å²) in [7, 11) is 0. The Morgan fingerprint density at radius 1 is 0.935 bits per heavy atom. The number of rotatable bonds is 7. The molecule has 0 saturated heterocycles. The number of fused-ring (bicyclic) bond motifs is 3. The van der Waals surface area contributed by atoms with Crippen molar-refractivity contribution in [3.63, 3.8) is 0 Å². The molecule has 2 aromatic rings. The van der Waals surface area contributed by atoms with Crippen molar-refractivity contribution < 1.29 is 29.3 Å². The first-order valence-corrected chi connectivity index (χ1v) is 10.2. The van der Waals surface area contributed by atoms with Crippen LogP contribution in [0.4, 0.5) is 4.79 Å². The van der Waals surface area contributed by atoms with Crippen molar-refractivity contribution in [1.29, 1.82) is 0 Å². The van der Waals surface area contributed by atoms with Gasteiger partial charge in [0.15, 0.2) is 0 Å². The zero-order valence-corrected chi connectivity index (χ0v) is 17.8. The van der Waals surface area contributed by atoms with E-state index in [1.807, 2.05) is 48.5 Å². The molecule has 7 heteroatoms. The van der Waals surface area contributed by atoms with Crippen molar-refractivity contribution in [1.82, 2.24) is 5.32 Å². The molecule has 31 heavy (non-hydrogen) atoms.